The lowest BCUT2D eigenvalue weighted by Gasteiger charge is -2.15. The van der Waals surface area contributed by atoms with E-state index in [4.69, 9.17) is 9.84 Å². The van der Waals surface area contributed by atoms with Gasteiger partial charge in [0.2, 0.25) is 0 Å². The Morgan fingerprint density at radius 3 is 2.20 bits per heavy atom. The Kier molecular flexibility index (Phi) is 5.48. The fourth-order valence-corrected chi connectivity index (χ4v) is 3.81. The SMILES string of the molecule is O=C(O)CCc1ccc(NC(=O)OCC2c3ccccc3-c3ccccc32)c(F)c1. The van der Waals surface area contributed by atoms with E-state index < -0.39 is 17.9 Å². The van der Waals surface area contributed by atoms with Gasteiger partial charge in [-0.25, -0.2) is 9.18 Å². The third-order valence-corrected chi connectivity index (χ3v) is 5.24. The summed E-state index contributed by atoms with van der Waals surface area (Å²) in [4.78, 5) is 22.9. The number of benzene rings is 3. The van der Waals surface area contributed by atoms with Crippen molar-refractivity contribution in [1.29, 1.82) is 0 Å². The van der Waals surface area contributed by atoms with E-state index in [1.165, 1.54) is 12.1 Å². The number of anilines is 1. The summed E-state index contributed by atoms with van der Waals surface area (Å²) < 4.78 is 19.7. The van der Waals surface area contributed by atoms with Crippen LogP contribution in [0.15, 0.2) is 66.7 Å². The first-order valence-corrected chi connectivity index (χ1v) is 9.65. The molecule has 1 aliphatic carbocycles. The van der Waals surface area contributed by atoms with Crippen LogP contribution in [-0.4, -0.2) is 23.8 Å². The van der Waals surface area contributed by atoms with Gasteiger partial charge in [0.15, 0.2) is 0 Å². The minimum Gasteiger partial charge on any atom is -0.481 e. The highest BCUT2D eigenvalue weighted by Crippen LogP contribution is 2.44. The molecule has 1 amide bonds. The topological polar surface area (TPSA) is 75.6 Å². The van der Waals surface area contributed by atoms with Gasteiger partial charge in [-0.3, -0.25) is 10.1 Å². The van der Waals surface area contributed by atoms with Crippen molar-refractivity contribution >= 4 is 17.7 Å². The fourth-order valence-electron chi connectivity index (χ4n) is 3.81. The molecule has 5 nitrogen and oxygen atoms in total. The molecule has 0 aromatic heterocycles. The van der Waals surface area contributed by atoms with Crippen molar-refractivity contribution in [1.82, 2.24) is 0 Å². The average molecular weight is 405 g/mol. The van der Waals surface area contributed by atoms with E-state index in [1.807, 2.05) is 36.4 Å². The Labute approximate surface area is 173 Å². The number of carbonyl (C=O) groups is 2. The Morgan fingerprint density at radius 1 is 0.967 bits per heavy atom. The highest BCUT2D eigenvalue weighted by Gasteiger charge is 2.29. The van der Waals surface area contributed by atoms with Crippen LogP contribution in [-0.2, 0) is 16.0 Å². The van der Waals surface area contributed by atoms with Crippen LogP contribution in [0.25, 0.3) is 11.1 Å². The summed E-state index contributed by atoms with van der Waals surface area (Å²) in [5.41, 5.74) is 5.00. The zero-order valence-corrected chi connectivity index (χ0v) is 16.1. The molecule has 0 saturated heterocycles. The van der Waals surface area contributed by atoms with Crippen LogP contribution >= 0.6 is 0 Å². The minimum absolute atomic E-state index is 0.00806. The van der Waals surface area contributed by atoms with Crippen LogP contribution < -0.4 is 5.32 Å². The summed E-state index contributed by atoms with van der Waals surface area (Å²) in [6.07, 6.45) is -0.607. The van der Waals surface area contributed by atoms with Gasteiger partial charge < -0.3 is 9.84 Å². The Morgan fingerprint density at radius 2 is 1.60 bits per heavy atom. The largest absolute Gasteiger partial charge is 0.481 e. The number of aliphatic carboxylic acids is 1. The zero-order valence-electron chi connectivity index (χ0n) is 16.1. The number of hydrogen-bond donors (Lipinski definition) is 2. The molecular weight excluding hydrogens is 385 g/mol. The maximum atomic E-state index is 14.3. The lowest BCUT2D eigenvalue weighted by Crippen LogP contribution is -2.18. The highest BCUT2D eigenvalue weighted by atomic mass is 19.1. The molecule has 30 heavy (non-hydrogen) atoms. The molecule has 0 spiro atoms. The molecule has 0 unspecified atom stereocenters. The van der Waals surface area contributed by atoms with Crippen LogP contribution in [0, 0.1) is 5.82 Å². The maximum Gasteiger partial charge on any atom is 0.411 e. The molecule has 0 heterocycles. The number of halogens is 1. The van der Waals surface area contributed by atoms with Gasteiger partial charge in [0.05, 0.1) is 5.69 Å². The van der Waals surface area contributed by atoms with Crippen LogP contribution in [0.3, 0.4) is 0 Å². The van der Waals surface area contributed by atoms with Crippen molar-refractivity contribution in [3.8, 4) is 11.1 Å². The highest BCUT2D eigenvalue weighted by molar-refractivity contribution is 5.85. The summed E-state index contributed by atoms with van der Waals surface area (Å²) in [6.45, 7) is 0.137. The monoisotopic (exact) mass is 405 g/mol. The van der Waals surface area contributed by atoms with Gasteiger partial charge in [-0.15, -0.1) is 0 Å². The number of ether oxygens (including phenoxy) is 1. The molecule has 0 bridgehead atoms. The van der Waals surface area contributed by atoms with E-state index in [0.29, 0.717) is 5.56 Å². The number of amides is 1. The van der Waals surface area contributed by atoms with E-state index in [1.54, 1.807) is 6.07 Å². The number of rotatable bonds is 6. The lowest BCUT2D eigenvalue weighted by molar-refractivity contribution is -0.136. The quantitative estimate of drug-likeness (QED) is 0.591. The molecule has 3 aromatic carbocycles. The van der Waals surface area contributed by atoms with Gasteiger partial charge in [-0.1, -0.05) is 54.6 Å². The molecule has 0 fully saturated rings. The normalized spacial score (nSPS) is 12.2. The van der Waals surface area contributed by atoms with Gasteiger partial charge in [0.25, 0.3) is 0 Å². The number of hydrogen-bond acceptors (Lipinski definition) is 3. The molecule has 0 aliphatic heterocycles. The molecule has 0 atom stereocenters. The van der Waals surface area contributed by atoms with Crippen molar-refractivity contribution in [3.05, 3.63) is 89.2 Å². The minimum atomic E-state index is -0.948. The van der Waals surface area contributed by atoms with Gasteiger partial charge in [0.1, 0.15) is 12.4 Å². The lowest BCUT2D eigenvalue weighted by atomic mass is 9.98. The zero-order chi connectivity index (χ0) is 21.1. The Bertz CT molecular complexity index is 1070. The second kappa shape index (κ2) is 8.37. The Balaban J connectivity index is 1.42. The third kappa shape index (κ3) is 4.03. The first-order chi connectivity index (χ1) is 14.5. The number of aryl methyl sites for hydroxylation is 1. The van der Waals surface area contributed by atoms with Crippen molar-refractivity contribution in [2.24, 2.45) is 0 Å². The van der Waals surface area contributed by atoms with Crippen molar-refractivity contribution < 1.29 is 23.8 Å². The molecule has 0 saturated carbocycles. The predicted octanol–water partition coefficient (Wildman–Crippen LogP) is 5.20. The maximum absolute atomic E-state index is 14.3. The van der Waals surface area contributed by atoms with E-state index >= 15 is 0 Å². The summed E-state index contributed by atoms with van der Waals surface area (Å²) >= 11 is 0. The third-order valence-electron chi connectivity index (χ3n) is 5.24. The second-order valence-corrected chi connectivity index (χ2v) is 7.16. The van der Waals surface area contributed by atoms with Gasteiger partial charge in [-0.05, 0) is 46.4 Å². The van der Waals surface area contributed by atoms with E-state index in [2.05, 4.69) is 17.4 Å². The van der Waals surface area contributed by atoms with E-state index in [0.717, 1.165) is 22.3 Å². The summed E-state index contributed by atoms with van der Waals surface area (Å²) in [5, 5.41) is 11.1. The first-order valence-electron chi connectivity index (χ1n) is 9.65. The van der Waals surface area contributed by atoms with Gasteiger partial charge in [0, 0.05) is 12.3 Å². The van der Waals surface area contributed by atoms with Crippen molar-refractivity contribution in [2.75, 3.05) is 11.9 Å². The van der Waals surface area contributed by atoms with Gasteiger partial charge >= 0.3 is 12.1 Å². The fraction of sp³-hybridized carbons (Fsp3) is 0.167. The van der Waals surface area contributed by atoms with Gasteiger partial charge in [-0.2, -0.15) is 0 Å². The van der Waals surface area contributed by atoms with Crippen LogP contribution in [0.4, 0.5) is 14.9 Å². The molecule has 1 aliphatic rings. The van der Waals surface area contributed by atoms with Crippen LogP contribution in [0.1, 0.15) is 29.0 Å². The summed E-state index contributed by atoms with van der Waals surface area (Å²) in [5.74, 6) is -1.66. The number of carboxylic acids is 1. The number of nitrogens with one attached hydrogen (secondary N) is 1. The van der Waals surface area contributed by atoms with Crippen LogP contribution in [0.2, 0.25) is 0 Å². The molecule has 4 rings (SSSR count). The van der Waals surface area contributed by atoms with E-state index in [-0.39, 0.29) is 31.1 Å². The van der Waals surface area contributed by atoms with Crippen molar-refractivity contribution in [3.63, 3.8) is 0 Å². The predicted molar refractivity (Wildman–Crippen MR) is 111 cm³/mol. The number of carboxylic acid groups (broad SMARTS) is 1. The molecule has 152 valence electrons. The molecular formula is C24H20FNO4. The summed E-state index contributed by atoms with van der Waals surface area (Å²) in [6, 6.07) is 20.3. The average Bonchev–Trinajstić information content (AvgIpc) is 3.06. The molecule has 2 N–H and O–H groups in total. The van der Waals surface area contributed by atoms with Crippen LogP contribution in [0.5, 0.6) is 0 Å². The summed E-state index contributed by atoms with van der Waals surface area (Å²) in [7, 11) is 0. The Hall–Kier alpha value is -3.67. The van der Waals surface area contributed by atoms with E-state index in [9.17, 15) is 14.0 Å². The smallest absolute Gasteiger partial charge is 0.411 e. The first kappa shape index (κ1) is 19.6. The second-order valence-electron chi connectivity index (χ2n) is 7.16. The standard InChI is InChI=1S/C24H20FNO4/c25-21-13-15(10-12-23(27)28)9-11-22(21)26-24(29)30-14-20-18-7-3-1-5-16(18)17-6-2-4-8-19(17)20/h1-9,11,13,20H,10,12,14H2,(H,26,29)(H,27,28). The molecule has 3 aromatic rings. The number of fused-ring (bicyclic) bond motifs is 3. The molecule has 6 heteroatoms. The molecule has 0 radical (unpaired) electrons. The van der Waals surface area contributed by atoms with Crippen molar-refractivity contribution in [2.45, 2.75) is 18.8 Å². The number of carbonyl (C=O) groups excluding carboxylic acids is 1.